The number of hydrogen-bond donors (Lipinski definition) is 0. The molecule has 0 saturated carbocycles. The van der Waals surface area contributed by atoms with Crippen molar-refractivity contribution in [1.82, 2.24) is 15.0 Å². The Morgan fingerprint density at radius 1 is 0.889 bits per heavy atom. The average molecular weight is 351 g/mol. The van der Waals surface area contributed by atoms with E-state index in [9.17, 15) is 0 Å². The molecular weight excluding hydrogens is 334 g/mol. The zero-order valence-corrected chi connectivity index (χ0v) is 15.1. The van der Waals surface area contributed by atoms with Gasteiger partial charge in [-0.2, -0.15) is 5.26 Å². The molecule has 4 rings (SSSR count). The molecule has 0 radical (unpaired) electrons. The van der Waals surface area contributed by atoms with Gasteiger partial charge >= 0.3 is 0 Å². The Balaban J connectivity index is 1.88. The first-order valence-corrected chi connectivity index (χ1v) is 8.56. The topological polar surface area (TPSA) is 65.7 Å². The van der Waals surface area contributed by atoms with Crippen LogP contribution in [0.2, 0.25) is 0 Å². The second-order valence-corrected chi connectivity index (χ2v) is 6.43. The highest BCUT2D eigenvalue weighted by atomic mass is 15.2. The monoisotopic (exact) mass is 351 g/mol. The van der Waals surface area contributed by atoms with Crippen LogP contribution >= 0.6 is 0 Å². The Bertz CT molecular complexity index is 1140. The van der Waals surface area contributed by atoms with Gasteiger partial charge in [0.25, 0.3) is 0 Å². The van der Waals surface area contributed by atoms with Crippen LogP contribution in [0.1, 0.15) is 5.56 Å². The minimum Gasteiger partial charge on any atom is -0.362 e. The second-order valence-electron chi connectivity index (χ2n) is 6.43. The van der Waals surface area contributed by atoms with Gasteiger partial charge in [-0.1, -0.05) is 18.2 Å². The molecule has 2 heterocycles. The van der Waals surface area contributed by atoms with Gasteiger partial charge in [0.1, 0.15) is 5.82 Å². The first-order chi connectivity index (χ1) is 13.2. The molecule has 0 aliphatic heterocycles. The third-order valence-corrected chi connectivity index (χ3v) is 4.37. The molecule has 130 valence electrons. The molecule has 5 nitrogen and oxygen atoms in total. The van der Waals surface area contributed by atoms with Crippen LogP contribution in [-0.2, 0) is 0 Å². The summed E-state index contributed by atoms with van der Waals surface area (Å²) in [6.07, 6.45) is 3.51. The lowest BCUT2D eigenvalue weighted by atomic mass is 10.0. The molecule has 0 N–H and O–H groups in total. The number of aromatic nitrogens is 3. The molecule has 2 aromatic heterocycles. The van der Waals surface area contributed by atoms with E-state index in [1.165, 1.54) is 0 Å². The lowest BCUT2D eigenvalue weighted by Gasteiger charge is -2.16. The van der Waals surface area contributed by atoms with Gasteiger partial charge in [-0.25, -0.2) is 9.97 Å². The van der Waals surface area contributed by atoms with Crippen LogP contribution in [0.15, 0.2) is 67.0 Å². The molecule has 0 saturated heterocycles. The number of rotatable bonds is 3. The van der Waals surface area contributed by atoms with Gasteiger partial charge in [-0.05, 0) is 47.5 Å². The van der Waals surface area contributed by atoms with E-state index in [0.29, 0.717) is 11.4 Å². The normalized spacial score (nSPS) is 10.6. The van der Waals surface area contributed by atoms with Crippen molar-refractivity contribution < 1.29 is 0 Å². The van der Waals surface area contributed by atoms with Crippen molar-refractivity contribution in [3.8, 4) is 28.6 Å². The SMILES string of the molecule is CN(C)c1nc(-c2cccnc2)nc2ccc(-c3ccc(C#N)cc3)cc12. The van der Waals surface area contributed by atoms with Gasteiger partial charge in [0.15, 0.2) is 5.82 Å². The van der Waals surface area contributed by atoms with E-state index in [1.54, 1.807) is 12.4 Å². The molecule has 5 heteroatoms. The maximum Gasteiger partial charge on any atom is 0.163 e. The van der Waals surface area contributed by atoms with Crippen molar-refractivity contribution in [3.63, 3.8) is 0 Å². The number of nitriles is 1. The molecule has 27 heavy (non-hydrogen) atoms. The standard InChI is InChI=1S/C22H17N5/c1-27(2)22-19-12-17(16-7-5-15(13-23)6-8-16)9-10-20(19)25-21(26-22)18-4-3-11-24-14-18/h3-12,14H,1-2H3. The smallest absolute Gasteiger partial charge is 0.163 e. The van der Waals surface area contributed by atoms with Crippen molar-refractivity contribution in [3.05, 3.63) is 72.6 Å². The largest absolute Gasteiger partial charge is 0.362 e. The maximum atomic E-state index is 8.98. The van der Waals surface area contributed by atoms with Gasteiger partial charge in [0.2, 0.25) is 0 Å². The van der Waals surface area contributed by atoms with E-state index >= 15 is 0 Å². The molecule has 2 aromatic carbocycles. The van der Waals surface area contributed by atoms with Crippen LogP contribution in [0.4, 0.5) is 5.82 Å². The van der Waals surface area contributed by atoms with Gasteiger partial charge in [-0.15, -0.1) is 0 Å². The third-order valence-electron chi connectivity index (χ3n) is 4.37. The lowest BCUT2D eigenvalue weighted by Crippen LogP contribution is -2.12. The fourth-order valence-electron chi connectivity index (χ4n) is 2.99. The first-order valence-electron chi connectivity index (χ1n) is 8.56. The van der Waals surface area contributed by atoms with Crippen molar-refractivity contribution in [1.29, 1.82) is 5.26 Å². The van der Waals surface area contributed by atoms with E-state index in [4.69, 9.17) is 15.2 Å². The summed E-state index contributed by atoms with van der Waals surface area (Å²) >= 11 is 0. The fourth-order valence-corrected chi connectivity index (χ4v) is 2.99. The van der Waals surface area contributed by atoms with Crippen LogP contribution in [0.25, 0.3) is 33.4 Å². The van der Waals surface area contributed by atoms with Crippen LogP contribution in [0, 0.1) is 11.3 Å². The first kappa shape index (κ1) is 16.7. The molecule has 0 aliphatic carbocycles. The zero-order chi connectivity index (χ0) is 18.8. The number of benzene rings is 2. The molecule has 0 fully saturated rings. The Hall–Kier alpha value is -3.78. The van der Waals surface area contributed by atoms with Crippen LogP contribution in [-0.4, -0.2) is 29.0 Å². The Morgan fingerprint density at radius 2 is 1.67 bits per heavy atom. The lowest BCUT2D eigenvalue weighted by molar-refractivity contribution is 1.06. The highest BCUT2D eigenvalue weighted by Gasteiger charge is 2.12. The molecule has 0 aliphatic rings. The zero-order valence-electron chi connectivity index (χ0n) is 15.1. The molecule has 4 aromatic rings. The van der Waals surface area contributed by atoms with Gasteiger partial charge in [0.05, 0.1) is 17.1 Å². The molecule has 0 unspecified atom stereocenters. The number of fused-ring (bicyclic) bond motifs is 1. The summed E-state index contributed by atoms with van der Waals surface area (Å²) < 4.78 is 0. The third kappa shape index (κ3) is 3.21. The maximum absolute atomic E-state index is 8.98. The Kier molecular flexibility index (Phi) is 4.23. The van der Waals surface area contributed by atoms with Gasteiger partial charge < -0.3 is 4.90 Å². The number of hydrogen-bond acceptors (Lipinski definition) is 5. The summed E-state index contributed by atoms with van der Waals surface area (Å²) in [6, 6.07) is 19.7. The van der Waals surface area contributed by atoms with E-state index in [-0.39, 0.29) is 0 Å². The highest BCUT2D eigenvalue weighted by Crippen LogP contribution is 2.30. The highest BCUT2D eigenvalue weighted by molar-refractivity contribution is 5.94. The summed E-state index contributed by atoms with van der Waals surface area (Å²) in [7, 11) is 3.95. The minimum absolute atomic E-state index is 0.651. The van der Waals surface area contributed by atoms with Crippen molar-refractivity contribution in [2.45, 2.75) is 0 Å². The summed E-state index contributed by atoms with van der Waals surface area (Å²) in [6.45, 7) is 0. The predicted molar refractivity (Wildman–Crippen MR) is 107 cm³/mol. The van der Waals surface area contributed by atoms with Crippen LogP contribution < -0.4 is 4.90 Å². The van der Waals surface area contributed by atoms with Crippen molar-refractivity contribution >= 4 is 16.7 Å². The summed E-state index contributed by atoms with van der Waals surface area (Å²) in [5, 5.41) is 9.96. The van der Waals surface area contributed by atoms with E-state index in [1.807, 2.05) is 67.5 Å². The Morgan fingerprint density at radius 3 is 2.33 bits per heavy atom. The summed E-state index contributed by atoms with van der Waals surface area (Å²) in [5.74, 6) is 1.51. The predicted octanol–water partition coefficient (Wildman–Crippen LogP) is 4.30. The molecule has 0 atom stereocenters. The van der Waals surface area contributed by atoms with E-state index in [2.05, 4.69) is 17.1 Å². The molecule has 0 spiro atoms. The van der Waals surface area contributed by atoms with E-state index in [0.717, 1.165) is 33.4 Å². The molecule has 0 amide bonds. The number of anilines is 1. The number of pyridine rings is 1. The fraction of sp³-hybridized carbons (Fsp3) is 0.0909. The van der Waals surface area contributed by atoms with Gasteiger partial charge in [-0.3, -0.25) is 4.98 Å². The molecule has 0 bridgehead atoms. The average Bonchev–Trinajstić information content (AvgIpc) is 2.73. The summed E-state index contributed by atoms with van der Waals surface area (Å²) in [5.41, 5.74) is 4.53. The van der Waals surface area contributed by atoms with Gasteiger partial charge in [0, 0.05) is 37.4 Å². The second kappa shape index (κ2) is 6.85. The van der Waals surface area contributed by atoms with Crippen LogP contribution in [0.3, 0.4) is 0 Å². The number of nitrogens with zero attached hydrogens (tertiary/aromatic N) is 5. The van der Waals surface area contributed by atoms with Crippen molar-refractivity contribution in [2.24, 2.45) is 0 Å². The Labute approximate surface area is 157 Å². The quantitative estimate of drug-likeness (QED) is 0.551. The summed E-state index contributed by atoms with van der Waals surface area (Å²) in [4.78, 5) is 15.7. The van der Waals surface area contributed by atoms with E-state index < -0.39 is 0 Å². The molecular formula is C22H17N5. The minimum atomic E-state index is 0.651. The van der Waals surface area contributed by atoms with Crippen molar-refractivity contribution in [2.75, 3.05) is 19.0 Å². The van der Waals surface area contributed by atoms with Crippen LogP contribution in [0.5, 0.6) is 0 Å².